The zero-order chi connectivity index (χ0) is 21.5. The number of rotatable bonds is 4. The van der Waals surface area contributed by atoms with E-state index in [0.717, 1.165) is 0 Å². The molecule has 5 rings (SSSR count). The van der Waals surface area contributed by atoms with Crippen LogP contribution in [0.2, 0.25) is 0 Å². The van der Waals surface area contributed by atoms with E-state index in [2.05, 4.69) is 15.1 Å². The minimum atomic E-state index is -0.361. The maximum Gasteiger partial charge on any atom is 0.262 e. The predicted molar refractivity (Wildman–Crippen MR) is 115 cm³/mol. The summed E-state index contributed by atoms with van der Waals surface area (Å²) in [6.07, 6.45) is 1.62. The van der Waals surface area contributed by atoms with Crippen molar-refractivity contribution in [3.05, 3.63) is 88.4 Å². The van der Waals surface area contributed by atoms with Gasteiger partial charge >= 0.3 is 0 Å². The summed E-state index contributed by atoms with van der Waals surface area (Å²) in [6, 6.07) is 15.5. The van der Waals surface area contributed by atoms with Gasteiger partial charge in [-0.2, -0.15) is 9.50 Å². The fourth-order valence-corrected chi connectivity index (χ4v) is 3.74. The van der Waals surface area contributed by atoms with Crippen molar-refractivity contribution < 1.29 is 9.13 Å². The smallest absolute Gasteiger partial charge is 0.262 e. The fourth-order valence-electron chi connectivity index (χ4n) is 3.74. The number of ether oxygens (including phenoxy) is 1. The molecule has 0 saturated carbocycles. The number of benzene rings is 2. The number of fused-ring (bicyclic) bond motifs is 2. The minimum absolute atomic E-state index is 0.0984. The van der Waals surface area contributed by atoms with Crippen LogP contribution in [0.25, 0.3) is 27.9 Å². The molecule has 0 spiro atoms. The second-order valence-electron chi connectivity index (χ2n) is 7.13. The summed E-state index contributed by atoms with van der Waals surface area (Å²) in [4.78, 5) is 22.5. The third-order valence-electron chi connectivity index (χ3n) is 5.17. The second kappa shape index (κ2) is 7.32. The summed E-state index contributed by atoms with van der Waals surface area (Å²) in [6.45, 7) is 1.86. The van der Waals surface area contributed by atoms with Crippen molar-refractivity contribution in [2.75, 3.05) is 7.11 Å². The highest BCUT2D eigenvalue weighted by Crippen LogP contribution is 2.33. The summed E-state index contributed by atoms with van der Waals surface area (Å²) in [5, 5.41) is 4.83. The van der Waals surface area contributed by atoms with Crippen LogP contribution in [0.15, 0.2) is 65.6 Å². The molecule has 0 bridgehead atoms. The van der Waals surface area contributed by atoms with Gasteiger partial charge in [0, 0.05) is 17.3 Å². The van der Waals surface area contributed by atoms with Gasteiger partial charge < -0.3 is 9.30 Å². The molecule has 0 unspecified atom stereocenters. The van der Waals surface area contributed by atoms with E-state index < -0.39 is 0 Å². The van der Waals surface area contributed by atoms with E-state index >= 15 is 0 Å². The maximum atomic E-state index is 14.2. The highest BCUT2D eigenvalue weighted by Gasteiger charge is 2.20. The van der Waals surface area contributed by atoms with Crippen molar-refractivity contribution in [2.45, 2.75) is 13.5 Å². The van der Waals surface area contributed by atoms with Gasteiger partial charge in [0.15, 0.2) is 0 Å². The van der Waals surface area contributed by atoms with Crippen molar-refractivity contribution >= 4 is 16.7 Å². The topological polar surface area (TPSA) is 74.3 Å². The molecule has 2 aromatic carbocycles. The molecule has 0 aliphatic heterocycles. The second-order valence-corrected chi connectivity index (χ2v) is 7.13. The molecule has 0 fully saturated rings. The van der Waals surface area contributed by atoms with Crippen molar-refractivity contribution in [3.8, 4) is 17.0 Å². The molecule has 5 aromatic rings. The molecule has 154 valence electrons. The lowest BCUT2D eigenvalue weighted by atomic mass is 10.1. The van der Waals surface area contributed by atoms with Crippen molar-refractivity contribution in [1.29, 1.82) is 0 Å². The molecular weight excluding hydrogens is 397 g/mol. The standard InChI is InChI=1S/C23H18FN5O2/c1-14-25-23-26-18-11-12-28(13-15-7-3-5-9-17(15)24)22(30)20(18)21(29(23)27-14)16-8-4-6-10-19(16)31-2/h3-12H,13H2,1-2H3. The molecule has 0 atom stereocenters. The molecule has 0 saturated heterocycles. The predicted octanol–water partition coefficient (Wildman–Crippen LogP) is 3.61. The minimum Gasteiger partial charge on any atom is -0.496 e. The first-order valence-corrected chi connectivity index (χ1v) is 9.70. The Morgan fingerprint density at radius 2 is 1.81 bits per heavy atom. The summed E-state index contributed by atoms with van der Waals surface area (Å²) >= 11 is 0. The Morgan fingerprint density at radius 3 is 2.61 bits per heavy atom. The molecule has 31 heavy (non-hydrogen) atoms. The molecule has 3 heterocycles. The Kier molecular flexibility index (Phi) is 4.47. The summed E-state index contributed by atoms with van der Waals surface area (Å²) in [5.74, 6) is 1.15. The average Bonchev–Trinajstić information content (AvgIpc) is 3.15. The lowest BCUT2D eigenvalue weighted by Gasteiger charge is -2.14. The number of aryl methyl sites for hydroxylation is 1. The molecule has 0 aliphatic rings. The zero-order valence-electron chi connectivity index (χ0n) is 16.9. The van der Waals surface area contributed by atoms with Crippen LogP contribution in [0.4, 0.5) is 4.39 Å². The molecule has 0 N–H and O–H groups in total. The number of para-hydroxylation sites is 1. The maximum absolute atomic E-state index is 14.2. The summed E-state index contributed by atoms with van der Waals surface area (Å²) in [5.41, 5.74) is 1.83. The zero-order valence-corrected chi connectivity index (χ0v) is 16.9. The van der Waals surface area contributed by atoms with E-state index in [-0.39, 0.29) is 17.9 Å². The Balaban J connectivity index is 1.85. The van der Waals surface area contributed by atoms with Crippen LogP contribution in [-0.2, 0) is 6.54 Å². The van der Waals surface area contributed by atoms with Crippen LogP contribution in [-0.4, -0.2) is 31.3 Å². The molecular formula is C23H18FN5O2. The first-order chi connectivity index (χ1) is 15.1. The van der Waals surface area contributed by atoms with Gasteiger partial charge in [0.05, 0.1) is 30.3 Å². The van der Waals surface area contributed by atoms with Crippen LogP contribution < -0.4 is 10.3 Å². The van der Waals surface area contributed by atoms with Crippen LogP contribution in [0.3, 0.4) is 0 Å². The van der Waals surface area contributed by atoms with E-state index in [1.165, 1.54) is 10.6 Å². The largest absolute Gasteiger partial charge is 0.496 e. The molecule has 0 aliphatic carbocycles. The van der Waals surface area contributed by atoms with E-state index in [1.807, 2.05) is 24.3 Å². The van der Waals surface area contributed by atoms with Crippen molar-refractivity contribution in [1.82, 2.24) is 24.1 Å². The molecule has 0 amide bonds. The number of methoxy groups -OCH3 is 1. The highest BCUT2D eigenvalue weighted by molar-refractivity contribution is 5.94. The van der Waals surface area contributed by atoms with Crippen molar-refractivity contribution in [3.63, 3.8) is 0 Å². The van der Waals surface area contributed by atoms with Crippen molar-refractivity contribution in [2.24, 2.45) is 0 Å². The quantitative estimate of drug-likeness (QED) is 0.448. The summed E-state index contributed by atoms with van der Waals surface area (Å²) < 4.78 is 22.8. The van der Waals surface area contributed by atoms with Crippen LogP contribution >= 0.6 is 0 Å². The van der Waals surface area contributed by atoms with Crippen LogP contribution in [0, 0.1) is 12.7 Å². The molecule has 3 aromatic heterocycles. The SMILES string of the molecule is COc1ccccc1-c1c2c(=O)n(Cc3ccccc3F)ccc2nc2nc(C)nn12. The number of halogens is 1. The van der Waals surface area contributed by atoms with Gasteiger partial charge in [0.25, 0.3) is 11.3 Å². The Bertz CT molecular complexity index is 1510. The van der Waals surface area contributed by atoms with E-state index in [9.17, 15) is 9.18 Å². The number of hydrogen-bond acceptors (Lipinski definition) is 5. The van der Waals surface area contributed by atoms with Gasteiger partial charge in [-0.25, -0.2) is 9.37 Å². The summed E-state index contributed by atoms with van der Waals surface area (Å²) in [7, 11) is 1.57. The molecule has 8 heteroatoms. The lowest BCUT2D eigenvalue weighted by molar-refractivity contribution is 0.416. The third kappa shape index (κ3) is 3.13. The van der Waals surface area contributed by atoms with E-state index in [4.69, 9.17) is 4.74 Å². The van der Waals surface area contributed by atoms with Gasteiger partial charge in [-0.3, -0.25) is 4.79 Å². The first kappa shape index (κ1) is 18.9. The Labute approximate surface area is 176 Å². The van der Waals surface area contributed by atoms with Gasteiger partial charge in [-0.05, 0) is 31.2 Å². The first-order valence-electron chi connectivity index (χ1n) is 9.70. The number of hydrogen-bond donors (Lipinski definition) is 0. The van der Waals surface area contributed by atoms with E-state index in [0.29, 0.717) is 45.1 Å². The van der Waals surface area contributed by atoms with Crippen LogP contribution in [0.1, 0.15) is 11.4 Å². The van der Waals surface area contributed by atoms with Gasteiger partial charge in [-0.15, -0.1) is 5.10 Å². The number of aromatic nitrogens is 5. The Morgan fingerprint density at radius 1 is 1.03 bits per heavy atom. The third-order valence-corrected chi connectivity index (χ3v) is 5.17. The normalized spacial score (nSPS) is 11.3. The van der Waals surface area contributed by atoms with Gasteiger partial charge in [-0.1, -0.05) is 30.3 Å². The monoisotopic (exact) mass is 415 g/mol. The number of pyridine rings is 1. The molecule has 0 radical (unpaired) electrons. The Hall–Kier alpha value is -4.07. The van der Waals surface area contributed by atoms with E-state index in [1.54, 1.807) is 49.0 Å². The van der Waals surface area contributed by atoms with Crippen LogP contribution in [0.5, 0.6) is 5.75 Å². The average molecular weight is 415 g/mol. The van der Waals surface area contributed by atoms with Gasteiger partial charge in [0.2, 0.25) is 0 Å². The lowest BCUT2D eigenvalue weighted by Crippen LogP contribution is -2.22. The molecule has 7 nitrogen and oxygen atoms in total. The highest BCUT2D eigenvalue weighted by atomic mass is 19.1. The number of nitrogens with zero attached hydrogens (tertiary/aromatic N) is 5. The fraction of sp³-hybridized carbons (Fsp3) is 0.130. The van der Waals surface area contributed by atoms with Gasteiger partial charge in [0.1, 0.15) is 17.4 Å².